The number of aromatic nitrogens is 4. The van der Waals surface area contributed by atoms with Crippen LogP contribution in [0.5, 0.6) is 0 Å². The van der Waals surface area contributed by atoms with Crippen molar-refractivity contribution in [3.05, 3.63) is 30.2 Å². The van der Waals surface area contributed by atoms with Gasteiger partial charge < -0.3 is 9.73 Å². The predicted molar refractivity (Wildman–Crippen MR) is 97.3 cm³/mol. The molecule has 0 bridgehead atoms. The van der Waals surface area contributed by atoms with Crippen LogP contribution in [0.15, 0.2) is 28.7 Å². The zero-order valence-corrected chi connectivity index (χ0v) is 14.5. The van der Waals surface area contributed by atoms with Crippen LogP contribution in [0.2, 0.25) is 0 Å². The van der Waals surface area contributed by atoms with Crippen LogP contribution in [0.1, 0.15) is 51.3 Å². The third kappa shape index (κ3) is 3.34. The van der Waals surface area contributed by atoms with E-state index in [9.17, 15) is 0 Å². The number of hydrogen-bond acceptors (Lipinski definition) is 6. The first-order chi connectivity index (χ1) is 12.3. The van der Waals surface area contributed by atoms with Crippen molar-refractivity contribution in [2.75, 3.05) is 5.32 Å². The van der Waals surface area contributed by atoms with Crippen molar-refractivity contribution >= 4 is 16.6 Å². The van der Waals surface area contributed by atoms with Crippen molar-refractivity contribution in [1.82, 2.24) is 20.4 Å². The molecular weight excluding hydrogens is 314 g/mol. The van der Waals surface area contributed by atoms with Gasteiger partial charge in [-0.15, -0.1) is 20.4 Å². The maximum Gasteiger partial charge on any atom is 0.268 e. The van der Waals surface area contributed by atoms with Gasteiger partial charge in [0.25, 0.3) is 5.89 Å². The quantitative estimate of drug-likeness (QED) is 0.712. The zero-order valence-electron chi connectivity index (χ0n) is 14.5. The van der Waals surface area contributed by atoms with Gasteiger partial charge in [-0.05, 0) is 12.8 Å². The fourth-order valence-corrected chi connectivity index (χ4v) is 3.48. The number of hydrogen-bond donors (Lipinski definition) is 1. The van der Waals surface area contributed by atoms with Gasteiger partial charge in [0.05, 0.1) is 0 Å². The summed E-state index contributed by atoms with van der Waals surface area (Å²) in [5, 5.41) is 22.7. The van der Waals surface area contributed by atoms with E-state index in [1.165, 1.54) is 38.5 Å². The Morgan fingerprint density at radius 3 is 2.44 bits per heavy atom. The minimum absolute atomic E-state index is 0.432. The molecule has 1 aromatic carbocycles. The van der Waals surface area contributed by atoms with Crippen LogP contribution < -0.4 is 5.32 Å². The molecule has 1 N–H and O–H groups in total. The average molecular weight is 337 g/mol. The highest BCUT2D eigenvalue weighted by Gasteiger charge is 2.18. The summed E-state index contributed by atoms with van der Waals surface area (Å²) in [6.07, 6.45) is 8.33. The topological polar surface area (TPSA) is 76.7 Å². The summed E-state index contributed by atoms with van der Waals surface area (Å²) in [5.41, 5.74) is 0.647. The van der Waals surface area contributed by atoms with Gasteiger partial charge in [0.15, 0.2) is 11.5 Å². The fourth-order valence-electron chi connectivity index (χ4n) is 3.48. The zero-order chi connectivity index (χ0) is 17.1. The molecule has 2 aromatic heterocycles. The Bertz CT molecular complexity index is 852. The van der Waals surface area contributed by atoms with Crippen LogP contribution in [-0.4, -0.2) is 26.4 Å². The number of anilines is 1. The van der Waals surface area contributed by atoms with E-state index in [-0.39, 0.29) is 0 Å². The SMILES string of the molecule is CCc1nnc(-c2nnc(NC3CCCCCC3)c3ccccc23)o1. The summed E-state index contributed by atoms with van der Waals surface area (Å²) in [4.78, 5) is 0. The smallest absolute Gasteiger partial charge is 0.268 e. The van der Waals surface area contributed by atoms with E-state index in [1.807, 2.05) is 25.1 Å². The first kappa shape index (κ1) is 16.0. The molecule has 3 aromatic rings. The summed E-state index contributed by atoms with van der Waals surface area (Å²) in [6.45, 7) is 1.99. The third-order valence-electron chi connectivity index (χ3n) is 4.86. The maximum absolute atomic E-state index is 5.69. The molecular formula is C19H23N5O. The molecule has 0 amide bonds. The van der Waals surface area contributed by atoms with E-state index in [0.717, 1.165) is 16.6 Å². The van der Waals surface area contributed by atoms with E-state index in [1.54, 1.807) is 0 Å². The van der Waals surface area contributed by atoms with Gasteiger partial charge in [-0.25, -0.2) is 0 Å². The van der Waals surface area contributed by atoms with Crippen LogP contribution >= 0.6 is 0 Å². The Morgan fingerprint density at radius 1 is 0.960 bits per heavy atom. The van der Waals surface area contributed by atoms with Crippen LogP contribution in [0.3, 0.4) is 0 Å². The van der Waals surface area contributed by atoms with Gasteiger partial charge >= 0.3 is 0 Å². The number of fused-ring (bicyclic) bond motifs is 1. The van der Waals surface area contributed by atoms with Gasteiger partial charge in [0, 0.05) is 23.2 Å². The monoisotopic (exact) mass is 337 g/mol. The van der Waals surface area contributed by atoms with E-state index < -0.39 is 0 Å². The van der Waals surface area contributed by atoms with E-state index in [0.29, 0.717) is 29.9 Å². The van der Waals surface area contributed by atoms with Crippen molar-refractivity contribution in [2.24, 2.45) is 0 Å². The molecule has 25 heavy (non-hydrogen) atoms. The molecule has 1 aliphatic carbocycles. The van der Waals surface area contributed by atoms with Crippen molar-refractivity contribution in [3.63, 3.8) is 0 Å². The van der Waals surface area contributed by atoms with Gasteiger partial charge in [0.1, 0.15) is 0 Å². The lowest BCUT2D eigenvalue weighted by Gasteiger charge is -2.18. The Morgan fingerprint density at radius 2 is 1.72 bits per heavy atom. The molecule has 6 heteroatoms. The highest BCUT2D eigenvalue weighted by atomic mass is 16.4. The Hall–Kier alpha value is -2.50. The van der Waals surface area contributed by atoms with E-state index in [4.69, 9.17) is 4.42 Å². The maximum atomic E-state index is 5.69. The molecule has 4 rings (SSSR count). The number of nitrogens with zero attached hydrogens (tertiary/aromatic N) is 4. The Kier molecular flexibility index (Phi) is 4.59. The Labute approximate surface area is 147 Å². The van der Waals surface area contributed by atoms with Gasteiger partial charge in [-0.2, -0.15) is 0 Å². The van der Waals surface area contributed by atoms with Crippen LogP contribution in [0, 0.1) is 0 Å². The second-order valence-corrected chi connectivity index (χ2v) is 6.63. The van der Waals surface area contributed by atoms with E-state index >= 15 is 0 Å². The highest BCUT2D eigenvalue weighted by Crippen LogP contribution is 2.30. The summed E-state index contributed by atoms with van der Waals surface area (Å²) in [6, 6.07) is 8.61. The lowest BCUT2D eigenvalue weighted by atomic mass is 10.1. The lowest BCUT2D eigenvalue weighted by molar-refractivity contribution is 0.511. The predicted octanol–water partition coefficient (Wildman–Crippen LogP) is 4.38. The molecule has 1 saturated carbocycles. The van der Waals surface area contributed by atoms with Crippen LogP contribution in [-0.2, 0) is 6.42 Å². The average Bonchev–Trinajstić information content (AvgIpc) is 2.99. The summed E-state index contributed by atoms with van der Waals surface area (Å²) >= 11 is 0. The van der Waals surface area contributed by atoms with Crippen molar-refractivity contribution in [1.29, 1.82) is 0 Å². The summed E-state index contributed by atoms with van der Waals surface area (Å²) in [5.74, 6) is 1.89. The van der Waals surface area contributed by atoms with Gasteiger partial charge in [-0.3, -0.25) is 0 Å². The van der Waals surface area contributed by atoms with E-state index in [2.05, 4.69) is 31.8 Å². The van der Waals surface area contributed by atoms with Gasteiger partial charge in [-0.1, -0.05) is 56.9 Å². The fraction of sp³-hybridized carbons (Fsp3) is 0.474. The van der Waals surface area contributed by atoms with Crippen molar-refractivity contribution < 1.29 is 4.42 Å². The molecule has 0 aliphatic heterocycles. The highest BCUT2D eigenvalue weighted by molar-refractivity contribution is 5.98. The number of aryl methyl sites for hydroxylation is 1. The second-order valence-electron chi connectivity index (χ2n) is 6.63. The summed E-state index contributed by atoms with van der Waals surface area (Å²) < 4.78 is 5.69. The molecule has 0 saturated heterocycles. The van der Waals surface area contributed by atoms with Crippen LogP contribution in [0.4, 0.5) is 5.82 Å². The lowest BCUT2D eigenvalue weighted by Crippen LogP contribution is -2.19. The first-order valence-electron chi connectivity index (χ1n) is 9.20. The Balaban J connectivity index is 1.71. The molecule has 2 heterocycles. The second kappa shape index (κ2) is 7.17. The molecule has 1 fully saturated rings. The number of benzene rings is 1. The minimum atomic E-state index is 0.432. The molecule has 0 spiro atoms. The van der Waals surface area contributed by atoms with Crippen molar-refractivity contribution in [3.8, 4) is 11.6 Å². The van der Waals surface area contributed by atoms with Gasteiger partial charge in [0.2, 0.25) is 5.89 Å². The number of nitrogens with one attached hydrogen (secondary N) is 1. The molecule has 0 unspecified atom stereocenters. The molecule has 0 radical (unpaired) electrons. The minimum Gasteiger partial charge on any atom is -0.419 e. The molecule has 0 atom stereocenters. The molecule has 130 valence electrons. The summed E-state index contributed by atoms with van der Waals surface area (Å²) in [7, 11) is 0. The van der Waals surface area contributed by atoms with Crippen molar-refractivity contribution in [2.45, 2.75) is 57.9 Å². The normalized spacial score (nSPS) is 16.0. The first-order valence-corrected chi connectivity index (χ1v) is 9.20. The van der Waals surface area contributed by atoms with Crippen LogP contribution in [0.25, 0.3) is 22.4 Å². The standard InChI is InChI=1S/C19H23N5O/c1-2-16-21-24-19(25-16)17-14-11-7-8-12-15(14)18(23-22-17)20-13-9-5-3-4-6-10-13/h7-8,11-13H,2-6,9-10H2,1H3,(H,20,23). The largest absolute Gasteiger partial charge is 0.419 e. The number of rotatable bonds is 4. The molecule has 1 aliphatic rings. The molecule has 6 nitrogen and oxygen atoms in total. The third-order valence-corrected chi connectivity index (χ3v) is 4.86.